The Morgan fingerprint density at radius 1 is 1.00 bits per heavy atom. The van der Waals surface area contributed by atoms with Gasteiger partial charge in [-0.15, -0.1) is 0 Å². The van der Waals surface area contributed by atoms with Crippen LogP contribution in [0.4, 0.5) is 11.4 Å². The van der Waals surface area contributed by atoms with Crippen LogP contribution in [0.5, 0.6) is 5.75 Å². The normalized spacial score (nSPS) is 11.4. The van der Waals surface area contributed by atoms with E-state index in [1.54, 1.807) is 24.3 Å². The summed E-state index contributed by atoms with van der Waals surface area (Å²) in [7, 11) is -4.55. The quantitative estimate of drug-likeness (QED) is 0.323. The molecule has 0 saturated carbocycles. The highest BCUT2D eigenvalue weighted by atomic mass is 32.2. The van der Waals surface area contributed by atoms with Gasteiger partial charge in [-0.1, -0.05) is 24.3 Å². The van der Waals surface area contributed by atoms with Crippen molar-refractivity contribution in [2.75, 3.05) is 11.1 Å². The van der Waals surface area contributed by atoms with E-state index in [0.717, 1.165) is 6.07 Å². The molecule has 0 aliphatic heterocycles. The van der Waals surface area contributed by atoms with Gasteiger partial charge in [0.15, 0.2) is 0 Å². The molecule has 0 spiro atoms. The van der Waals surface area contributed by atoms with Gasteiger partial charge in [-0.2, -0.15) is 8.42 Å². The van der Waals surface area contributed by atoms with Crippen molar-refractivity contribution in [2.45, 2.75) is 4.90 Å². The number of carbonyl (C=O) groups excluding carboxylic acids is 1. The molecule has 0 saturated heterocycles. The Morgan fingerprint density at radius 3 is 2.20 bits per heavy atom. The number of rotatable bonds is 3. The van der Waals surface area contributed by atoms with Crippen LogP contribution in [0.2, 0.25) is 0 Å². The van der Waals surface area contributed by atoms with E-state index in [0.29, 0.717) is 5.69 Å². The number of anilines is 2. The first-order valence-electron chi connectivity index (χ1n) is 7.16. The van der Waals surface area contributed by atoms with Crippen molar-refractivity contribution in [1.29, 1.82) is 0 Å². The van der Waals surface area contributed by atoms with Crippen molar-refractivity contribution in [2.24, 2.45) is 0 Å². The van der Waals surface area contributed by atoms with Crippen LogP contribution in [-0.4, -0.2) is 24.0 Å². The molecule has 3 aromatic rings. The lowest BCUT2D eigenvalue weighted by atomic mass is 10.1. The van der Waals surface area contributed by atoms with Crippen molar-refractivity contribution in [1.82, 2.24) is 0 Å². The van der Waals surface area contributed by atoms with Gasteiger partial charge >= 0.3 is 0 Å². The summed E-state index contributed by atoms with van der Waals surface area (Å²) in [5, 5.41) is 13.1. The highest BCUT2D eigenvalue weighted by Crippen LogP contribution is 2.37. The van der Waals surface area contributed by atoms with Crippen LogP contribution >= 0.6 is 0 Å². The number of carbonyl (C=O) groups is 1. The topological polar surface area (TPSA) is 130 Å². The van der Waals surface area contributed by atoms with Crippen LogP contribution in [0, 0.1) is 0 Å². The van der Waals surface area contributed by atoms with Crippen LogP contribution in [0.3, 0.4) is 0 Å². The lowest BCUT2D eigenvalue weighted by Crippen LogP contribution is -2.13. The first-order valence-corrected chi connectivity index (χ1v) is 8.60. The standard InChI is InChI=1S/C17H14N2O5S/c18-11-7-5-10(6-8-11)17(21)19-14-9-15(25(22,23)24)12-3-1-2-4-13(12)16(14)20/h1-9,20H,18H2,(H,19,21)(H,22,23,24). The largest absolute Gasteiger partial charge is 0.505 e. The number of fused-ring (bicyclic) bond motifs is 1. The zero-order chi connectivity index (χ0) is 18.2. The van der Waals surface area contributed by atoms with E-state index in [9.17, 15) is 22.9 Å². The molecule has 128 valence electrons. The second-order valence-corrected chi connectivity index (χ2v) is 6.76. The number of phenolic OH excluding ortho intramolecular Hbond substituents is 1. The fourth-order valence-electron chi connectivity index (χ4n) is 2.46. The zero-order valence-corrected chi connectivity index (χ0v) is 13.6. The molecular formula is C17H14N2O5S. The third-order valence-electron chi connectivity index (χ3n) is 3.68. The van der Waals surface area contributed by atoms with Gasteiger partial charge in [0.25, 0.3) is 16.0 Å². The van der Waals surface area contributed by atoms with Crippen LogP contribution in [0.15, 0.2) is 59.5 Å². The van der Waals surface area contributed by atoms with Crippen molar-refractivity contribution >= 4 is 38.2 Å². The molecule has 8 heteroatoms. The third kappa shape index (κ3) is 3.25. The van der Waals surface area contributed by atoms with Crippen LogP contribution < -0.4 is 11.1 Å². The summed E-state index contributed by atoms with van der Waals surface area (Å²) in [5.41, 5.74) is 6.19. The molecule has 25 heavy (non-hydrogen) atoms. The number of hydrogen-bond acceptors (Lipinski definition) is 5. The maximum absolute atomic E-state index is 12.3. The maximum Gasteiger partial charge on any atom is 0.295 e. The minimum atomic E-state index is -4.55. The highest BCUT2D eigenvalue weighted by molar-refractivity contribution is 7.86. The van der Waals surface area contributed by atoms with E-state index in [2.05, 4.69) is 5.32 Å². The predicted molar refractivity (Wildman–Crippen MR) is 94.2 cm³/mol. The van der Waals surface area contributed by atoms with Gasteiger partial charge in [0, 0.05) is 22.0 Å². The molecule has 0 unspecified atom stereocenters. The molecule has 7 nitrogen and oxygen atoms in total. The van der Waals surface area contributed by atoms with Crippen molar-refractivity contribution in [3.8, 4) is 5.75 Å². The monoisotopic (exact) mass is 358 g/mol. The summed E-state index contributed by atoms with van der Waals surface area (Å²) in [4.78, 5) is 11.9. The molecule has 0 bridgehead atoms. The molecule has 1 amide bonds. The second kappa shape index (κ2) is 6.08. The Labute approximate surface area is 143 Å². The summed E-state index contributed by atoms with van der Waals surface area (Å²) in [5.74, 6) is -0.862. The summed E-state index contributed by atoms with van der Waals surface area (Å²) in [6, 6.07) is 13.2. The van der Waals surface area contributed by atoms with E-state index in [1.807, 2.05) is 0 Å². The van der Waals surface area contributed by atoms with Gasteiger partial charge in [0.1, 0.15) is 10.6 Å². The van der Waals surface area contributed by atoms with Gasteiger partial charge in [0.2, 0.25) is 0 Å². The molecule has 3 aromatic carbocycles. The van der Waals surface area contributed by atoms with E-state index >= 15 is 0 Å². The Balaban J connectivity index is 2.12. The fraction of sp³-hybridized carbons (Fsp3) is 0. The van der Waals surface area contributed by atoms with Crippen LogP contribution in [-0.2, 0) is 10.1 Å². The number of nitrogen functional groups attached to an aromatic ring is 1. The lowest BCUT2D eigenvalue weighted by Gasteiger charge is -2.13. The number of nitrogens with two attached hydrogens (primary N) is 1. The predicted octanol–water partition coefficient (Wildman–Crippen LogP) is 2.63. The molecule has 0 fully saturated rings. The number of phenols is 1. The third-order valence-corrected chi connectivity index (χ3v) is 4.57. The van der Waals surface area contributed by atoms with E-state index < -0.39 is 20.9 Å². The molecule has 0 atom stereocenters. The van der Waals surface area contributed by atoms with Crippen LogP contribution in [0.1, 0.15) is 10.4 Å². The van der Waals surface area contributed by atoms with Crippen molar-refractivity contribution < 1.29 is 22.9 Å². The average Bonchev–Trinajstić information content (AvgIpc) is 2.57. The SMILES string of the molecule is Nc1ccc(C(=O)Nc2cc(S(=O)(=O)O)c3ccccc3c2O)cc1. The van der Waals surface area contributed by atoms with Crippen molar-refractivity contribution in [3.63, 3.8) is 0 Å². The summed E-state index contributed by atoms with van der Waals surface area (Å²) >= 11 is 0. The Hall–Kier alpha value is -3.10. The summed E-state index contributed by atoms with van der Waals surface area (Å²) in [6.45, 7) is 0. The number of benzene rings is 3. The fourth-order valence-corrected chi connectivity index (χ4v) is 3.19. The molecule has 0 aliphatic carbocycles. The number of nitrogens with one attached hydrogen (secondary N) is 1. The van der Waals surface area contributed by atoms with E-state index in [4.69, 9.17) is 5.73 Å². The zero-order valence-electron chi connectivity index (χ0n) is 12.8. The Morgan fingerprint density at radius 2 is 1.60 bits per heavy atom. The van der Waals surface area contributed by atoms with Gasteiger partial charge < -0.3 is 16.2 Å². The molecule has 0 aromatic heterocycles. The first kappa shape index (κ1) is 16.7. The van der Waals surface area contributed by atoms with Gasteiger partial charge in [0.05, 0.1) is 5.69 Å². The Kier molecular flexibility index (Phi) is 4.07. The van der Waals surface area contributed by atoms with Gasteiger partial charge in [-0.25, -0.2) is 0 Å². The van der Waals surface area contributed by atoms with Gasteiger partial charge in [-0.05, 0) is 30.3 Å². The van der Waals surface area contributed by atoms with E-state index in [-0.39, 0.29) is 27.8 Å². The molecule has 0 radical (unpaired) electrons. The number of amides is 1. The lowest BCUT2D eigenvalue weighted by molar-refractivity contribution is 0.102. The van der Waals surface area contributed by atoms with Crippen molar-refractivity contribution in [3.05, 3.63) is 60.2 Å². The maximum atomic E-state index is 12.3. The summed E-state index contributed by atoms with van der Waals surface area (Å²) < 4.78 is 32.7. The number of hydrogen-bond donors (Lipinski definition) is 4. The molecule has 3 rings (SSSR count). The number of aromatic hydroxyl groups is 1. The molecular weight excluding hydrogens is 344 g/mol. The molecule has 0 aliphatic rings. The molecule has 0 heterocycles. The first-order chi connectivity index (χ1) is 11.8. The minimum absolute atomic E-state index is 0.131. The summed E-state index contributed by atoms with van der Waals surface area (Å²) in [6.07, 6.45) is 0. The minimum Gasteiger partial charge on any atom is -0.505 e. The smallest absolute Gasteiger partial charge is 0.295 e. The highest BCUT2D eigenvalue weighted by Gasteiger charge is 2.20. The second-order valence-electron chi connectivity index (χ2n) is 5.37. The van der Waals surface area contributed by atoms with Gasteiger partial charge in [-0.3, -0.25) is 9.35 Å². The molecule has 5 N–H and O–H groups in total. The van der Waals surface area contributed by atoms with Crippen LogP contribution in [0.25, 0.3) is 10.8 Å². The Bertz CT molecular complexity index is 1080. The average molecular weight is 358 g/mol. The van der Waals surface area contributed by atoms with E-state index in [1.165, 1.54) is 24.3 Å².